The summed E-state index contributed by atoms with van der Waals surface area (Å²) in [6.07, 6.45) is 0. The van der Waals surface area contributed by atoms with Gasteiger partial charge < -0.3 is 24.4 Å². The molecule has 2 heterocycles. The average Bonchev–Trinajstić information content (AvgIpc) is 2.81. The third kappa shape index (κ3) is 4.62. The molecule has 0 aromatic carbocycles. The number of morpholine rings is 1. The maximum Gasteiger partial charge on any atom is 0.433 e. The van der Waals surface area contributed by atoms with Crippen molar-refractivity contribution in [2.24, 2.45) is 0 Å². The number of carbonyl (C=O) groups excluding carboxylic acids is 1. The Balaban J connectivity index is 0.000000202. The normalized spacial score (nSPS) is 14.6. The number of ether oxygens (including phenoxy) is 1. The summed E-state index contributed by atoms with van der Waals surface area (Å²) >= 11 is 0. The summed E-state index contributed by atoms with van der Waals surface area (Å²) in [7, 11) is 0. The highest BCUT2D eigenvalue weighted by atomic mass is 16.6. The first-order chi connectivity index (χ1) is 8.11. The molecule has 0 amide bonds. The van der Waals surface area contributed by atoms with Gasteiger partial charge in [-0.3, -0.25) is 10.1 Å². The molecule has 0 spiro atoms. The smallest absolute Gasteiger partial charge is 0.433 e. The van der Waals surface area contributed by atoms with Gasteiger partial charge in [0, 0.05) is 0 Å². The number of furan rings is 1. The lowest BCUT2D eigenvalue weighted by atomic mass is 10.5. The molecule has 1 aromatic heterocycles. The number of aromatic carboxylic acids is 1. The fourth-order valence-electron chi connectivity index (χ4n) is 1.12. The molecule has 1 aliphatic heterocycles. The van der Waals surface area contributed by atoms with Crippen LogP contribution < -0.4 is 10.4 Å². The van der Waals surface area contributed by atoms with Crippen LogP contribution in [0, 0.1) is 10.1 Å². The molecule has 2 rings (SSSR count). The monoisotopic (exact) mass is 244 g/mol. The Morgan fingerprint density at radius 3 is 2.24 bits per heavy atom. The van der Waals surface area contributed by atoms with E-state index in [9.17, 15) is 20.0 Å². The SMILES string of the molecule is C1COCC[NH2+]1.O=C([O-])c1ccc([N+](=O)[O-])o1. The Labute approximate surface area is 96.3 Å². The number of quaternary nitrogens is 1. The van der Waals surface area contributed by atoms with Gasteiger partial charge in [-0.1, -0.05) is 0 Å². The predicted molar refractivity (Wildman–Crippen MR) is 52.2 cm³/mol. The van der Waals surface area contributed by atoms with E-state index >= 15 is 0 Å². The van der Waals surface area contributed by atoms with Crippen LogP contribution in [0.3, 0.4) is 0 Å². The second-order valence-electron chi connectivity index (χ2n) is 3.16. The van der Waals surface area contributed by atoms with Gasteiger partial charge in [-0.15, -0.1) is 0 Å². The van der Waals surface area contributed by atoms with Crippen molar-refractivity contribution >= 4 is 11.9 Å². The highest BCUT2D eigenvalue weighted by Gasteiger charge is 2.11. The Bertz CT molecular complexity index is 345. The highest BCUT2D eigenvalue weighted by Crippen LogP contribution is 2.14. The molecule has 8 heteroatoms. The Morgan fingerprint density at radius 1 is 1.35 bits per heavy atom. The van der Waals surface area contributed by atoms with Gasteiger partial charge in [0.1, 0.15) is 10.9 Å². The van der Waals surface area contributed by atoms with Crippen molar-refractivity contribution in [2.45, 2.75) is 0 Å². The Kier molecular flexibility index (Phi) is 5.11. The molecule has 0 unspecified atom stereocenters. The Hall–Kier alpha value is -1.93. The maximum atomic E-state index is 10.0. The Morgan fingerprint density at radius 2 is 2.00 bits per heavy atom. The molecule has 0 bridgehead atoms. The van der Waals surface area contributed by atoms with Gasteiger partial charge in [-0.25, -0.2) is 0 Å². The summed E-state index contributed by atoms with van der Waals surface area (Å²) in [5, 5.41) is 22.2. The van der Waals surface area contributed by atoms with Gasteiger partial charge >= 0.3 is 5.88 Å². The van der Waals surface area contributed by atoms with E-state index in [-0.39, 0.29) is 0 Å². The van der Waals surface area contributed by atoms with E-state index in [1.807, 2.05) is 0 Å². The molecule has 94 valence electrons. The highest BCUT2D eigenvalue weighted by molar-refractivity contribution is 5.82. The van der Waals surface area contributed by atoms with E-state index in [1.165, 1.54) is 0 Å². The summed E-state index contributed by atoms with van der Waals surface area (Å²) in [5.41, 5.74) is 0. The van der Waals surface area contributed by atoms with Crippen molar-refractivity contribution in [2.75, 3.05) is 26.3 Å². The molecule has 0 atom stereocenters. The minimum absolute atomic E-state index is 0.545. The van der Waals surface area contributed by atoms with Crippen LogP contribution >= 0.6 is 0 Å². The zero-order chi connectivity index (χ0) is 12.7. The van der Waals surface area contributed by atoms with E-state index in [1.54, 1.807) is 0 Å². The summed E-state index contributed by atoms with van der Waals surface area (Å²) < 4.78 is 9.28. The zero-order valence-electron chi connectivity index (χ0n) is 8.96. The minimum Gasteiger partial charge on any atom is -0.542 e. The molecule has 1 aromatic rings. The van der Waals surface area contributed by atoms with Gasteiger partial charge in [-0.05, 0) is 6.07 Å². The van der Waals surface area contributed by atoms with Crippen molar-refractivity contribution in [1.82, 2.24) is 0 Å². The zero-order valence-corrected chi connectivity index (χ0v) is 8.96. The first kappa shape index (κ1) is 13.1. The van der Waals surface area contributed by atoms with Crippen LogP contribution in [0.25, 0.3) is 0 Å². The molecule has 0 radical (unpaired) electrons. The molecular formula is C9H12N2O6. The topological polar surface area (TPSA) is 122 Å². The van der Waals surface area contributed by atoms with E-state index in [0.29, 0.717) is 0 Å². The minimum atomic E-state index is -1.57. The number of carboxylic acid groups (broad SMARTS) is 1. The number of hydrogen-bond donors (Lipinski definition) is 1. The van der Waals surface area contributed by atoms with Gasteiger partial charge in [-0.2, -0.15) is 0 Å². The summed E-state index contributed by atoms with van der Waals surface area (Å²) in [5.74, 6) is -2.72. The summed E-state index contributed by atoms with van der Waals surface area (Å²) in [4.78, 5) is 19.1. The quantitative estimate of drug-likeness (QED) is 0.480. The molecule has 1 fully saturated rings. The van der Waals surface area contributed by atoms with Crippen LogP contribution in [0.1, 0.15) is 10.6 Å². The molecule has 0 saturated carbocycles. The predicted octanol–water partition coefficient (Wildman–Crippen LogP) is -1.87. The van der Waals surface area contributed by atoms with Crippen LogP contribution in [-0.4, -0.2) is 37.2 Å². The van der Waals surface area contributed by atoms with Crippen LogP contribution in [-0.2, 0) is 4.74 Å². The van der Waals surface area contributed by atoms with E-state index < -0.39 is 22.5 Å². The largest absolute Gasteiger partial charge is 0.542 e. The standard InChI is InChI=1S/C5H3NO5.C4H9NO/c7-5(8)3-1-2-4(11-3)6(9)10;1-3-6-4-2-5-1/h1-2H,(H,7,8);5H,1-4H2. The van der Waals surface area contributed by atoms with Crippen molar-refractivity contribution < 1.29 is 29.3 Å². The van der Waals surface area contributed by atoms with E-state index in [4.69, 9.17) is 4.74 Å². The number of nitrogens with two attached hydrogens (primary N) is 1. The van der Waals surface area contributed by atoms with Crippen LogP contribution in [0.2, 0.25) is 0 Å². The van der Waals surface area contributed by atoms with Crippen LogP contribution in [0.15, 0.2) is 16.5 Å². The number of nitro groups is 1. The molecule has 1 saturated heterocycles. The number of nitrogens with zero attached hydrogens (tertiary/aromatic N) is 1. The summed E-state index contributed by atoms with van der Waals surface area (Å²) in [6, 6.07) is 1.92. The summed E-state index contributed by atoms with van der Waals surface area (Å²) in [6.45, 7) is 4.19. The number of rotatable bonds is 2. The number of carbonyl (C=O) groups is 1. The lowest BCUT2D eigenvalue weighted by Crippen LogP contribution is -2.87. The van der Waals surface area contributed by atoms with Crippen molar-refractivity contribution in [3.63, 3.8) is 0 Å². The second kappa shape index (κ2) is 6.61. The lowest BCUT2D eigenvalue weighted by molar-refractivity contribution is -0.670. The maximum absolute atomic E-state index is 10.0. The van der Waals surface area contributed by atoms with Gasteiger partial charge in [0.05, 0.1) is 32.4 Å². The molecule has 0 aliphatic carbocycles. The fraction of sp³-hybridized carbons (Fsp3) is 0.444. The lowest BCUT2D eigenvalue weighted by Gasteiger charge is -2.07. The van der Waals surface area contributed by atoms with Crippen LogP contribution in [0.5, 0.6) is 0 Å². The number of carboxylic acids is 1. The van der Waals surface area contributed by atoms with Crippen molar-refractivity contribution in [3.8, 4) is 0 Å². The van der Waals surface area contributed by atoms with Crippen molar-refractivity contribution in [1.29, 1.82) is 0 Å². The molecule has 2 N–H and O–H groups in total. The second-order valence-corrected chi connectivity index (χ2v) is 3.16. The molecular weight excluding hydrogens is 232 g/mol. The average molecular weight is 244 g/mol. The molecule has 8 nitrogen and oxygen atoms in total. The first-order valence-electron chi connectivity index (χ1n) is 4.96. The third-order valence-electron chi connectivity index (χ3n) is 1.91. The van der Waals surface area contributed by atoms with E-state index in [0.717, 1.165) is 38.4 Å². The fourth-order valence-corrected chi connectivity index (χ4v) is 1.12. The number of hydrogen-bond acceptors (Lipinski definition) is 6. The van der Waals surface area contributed by atoms with Crippen molar-refractivity contribution in [3.05, 3.63) is 28.0 Å². The molecule has 17 heavy (non-hydrogen) atoms. The molecule has 1 aliphatic rings. The van der Waals surface area contributed by atoms with E-state index in [2.05, 4.69) is 9.73 Å². The van der Waals surface area contributed by atoms with Crippen LogP contribution in [0.4, 0.5) is 5.88 Å². The first-order valence-corrected chi connectivity index (χ1v) is 4.96. The van der Waals surface area contributed by atoms with Gasteiger partial charge in [0.15, 0.2) is 5.76 Å². The van der Waals surface area contributed by atoms with Gasteiger partial charge in [0.25, 0.3) is 0 Å². The van der Waals surface area contributed by atoms with Gasteiger partial charge in [0.2, 0.25) is 0 Å². The third-order valence-corrected chi connectivity index (χ3v) is 1.91.